The molecule has 3 saturated heterocycles. The highest BCUT2D eigenvalue weighted by Gasteiger charge is 2.43. The molecule has 13 amide bonds. The van der Waals surface area contributed by atoms with Gasteiger partial charge in [-0.25, -0.2) is 4.79 Å². The highest BCUT2D eigenvalue weighted by atomic mass is 16.4. The molecule has 3 aliphatic heterocycles. The maximum Gasteiger partial charge on any atom is 0.326 e. The SMILES string of the molecule is CC(C)[C@H](NC(=O)[C@H](C)NC(=O)CNC(=O)[C@@H](NC(=O)[C@@H]1CCCN1C(=O)CNC(=O)[C@@H]1CCCN1C(=O)[C@@H](NC(=O)CN)[C@@H](C)O)C(C)C)C(=O)NCC(=O)N[C@@H](C)C(=O)N1C[C@H](O)C[C@H]1C(=O)NCC(=O)N[C@@H](CCCCN)C(=O)O. The summed E-state index contributed by atoms with van der Waals surface area (Å²) >= 11 is 0. The lowest BCUT2D eigenvalue weighted by atomic mass is 10.0. The number of hydrogen-bond donors (Lipinski definition) is 15. The zero-order chi connectivity index (χ0) is 62.4. The van der Waals surface area contributed by atoms with Crippen LogP contribution in [-0.4, -0.2) is 238 Å². The first kappa shape index (κ1) is 69.7. The van der Waals surface area contributed by atoms with E-state index in [0.29, 0.717) is 32.2 Å². The molecule has 0 spiro atoms. The van der Waals surface area contributed by atoms with E-state index in [1.165, 1.54) is 30.6 Å². The molecular weight excluding hydrogens is 1090 g/mol. The number of aliphatic hydroxyl groups excluding tert-OH is 2. The number of rotatable bonds is 31. The Hall–Kier alpha value is -7.58. The van der Waals surface area contributed by atoms with Crippen molar-refractivity contribution in [1.82, 2.24) is 67.9 Å². The van der Waals surface area contributed by atoms with E-state index in [4.69, 9.17) is 11.5 Å². The van der Waals surface area contributed by atoms with Gasteiger partial charge < -0.3 is 94.7 Å². The minimum atomic E-state index is -1.35. The average molecular weight is 1180 g/mol. The quantitative estimate of drug-likeness (QED) is 0.0287. The van der Waals surface area contributed by atoms with Crippen molar-refractivity contribution in [2.75, 3.05) is 58.9 Å². The van der Waals surface area contributed by atoms with Gasteiger partial charge in [-0.2, -0.15) is 0 Å². The molecule has 0 unspecified atom stereocenters. The highest BCUT2D eigenvalue weighted by Crippen LogP contribution is 2.22. The van der Waals surface area contributed by atoms with Crippen LogP contribution in [0.1, 0.15) is 99.8 Å². The van der Waals surface area contributed by atoms with Gasteiger partial charge in [0.15, 0.2) is 0 Å². The smallest absolute Gasteiger partial charge is 0.326 e. The zero-order valence-corrected chi connectivity index (χ0v) is 48.1. The first-order valence-electron chi connectivity index (χ1n) is 27.8. The topological polar surface area (TPSA) is 482 Å². The summed E-state index contributed by atoms with van der Waals surface area (Å²) in [5.74, 6) is -12.1. The van der Waals surface area contributed by atoms with Gasteiger partial charge in [-0.3, -0.25) is 62.3 Å². The third-order valence-corrected chi connectivity index (χ3v) is 14.1. The number of nitrogens with two attached hydrogens (primary N) is 2. The van der Waals surface area contributed by atoms with Crippen LogP contribution in [0.4, 0.5) is 0 Å². The number of carboxylic acids is 1. The van der Waals surface area contributed by atoms with Crippen molar-refractivity contribution in [3.63, 3.8) is 0 Å². The molecule has 3 aliphatic rings. The number of amides is 13. The lowest BCUT2D eigenvalue weighted by molar-refractivity contribution is -0.144. The molecule has 3 fully saturated rings. The third kappa shape index (κ3) is 21.3. The van der Waals surface area contributed by atoms with E-state index in [9.17, 15) is 82.4 Å². The molecule has 0 aromatic heterocycles. The van der Waals surface area contributed by atoms with Gasteiger partial charge in [0.2, 0.25) is 76.8 Å². The first-order valence-corrected chi connectivity index (χ1v) is 27.8. The zero-order valence-electron chi connectivity index (χ0n) is 48.1. The van der Waals surface area contributed by atoms with Gasteiger partial charge in [0.1, 0.15) is 54.4 Å². The molecule has 0 aromatic rings. The fourth-order valence-corrected chi connectivity index (χ4v) is 9.52. The maximum atomic E-state index is 13.6. The molecule has 0 aromatic carbocycles. The van der Waals surface area contributed by atoms with Crippen LogP contribution in [-0.2, 0) is 67.1 Å². The summed E-state index contributed by atoms with van der Waals surface area (Å²) < 4.78 is 0. The van der Waals surface area contributed by atoms with Crippen molar-refractivity contribution >= 4 is 82.8 Å². The molecule has 32 heteroatoms. The Kier molecular flexibility index (Phi) is 28.1. The molecule has 0 aliphatic carbocycles. The molecule has 466 valence electrons. The van der Waals surface area contributed by atoms with Gasteiger partial charge >= 0.3 is 5.97 Å². The van der Waals surface area contributed by atoms with Gasteiger partial charge in [0.25, 0.3) is 0 Å². The monoisotopic (exact) mass is 1180 g/mol. The summed E-state index contributed by atoms with van der Waals surface area (Å²) in [6.07, 6.45) is -0.161. The van der Waals surface area contributed by atoms with E-state index < -0.39 is 194 Å². The molecule has 17 N–H and O–H groups in total. The molecule has 3 rings (SSSR count). The van der Waals surface area contributed by atoms with Gasteiger partial charge in [-0.05, 0) is 84.1 Å². The minimum Gasteiger partial charge on any atom is -0.480 e. The summed E-state index contributed by atoms with van der Waals surface area (Å²) in [6, 6.07) is -10.8. The lowest BCUT2D eigenvalue weighted by Gasteiger charge is -2.30. The van der Waals surface area contributed by atoms with E-state index in [0.717, 1.165) is 4.90 Å². The number of hydrogen-bond acceptors (Lipinski definition) is 18. The van der Waals surface area contributed by atoms with E-state index in [1.54, 1.807) is 27.7 Å². The van der Waals surface area contributed by atoms with Crippen LogP contribution in [0.2, 0.25) is 0 Å². The van der Waals surface area contributed by atoms with Gasteiger partial charge in [-0.15, -0.1) is 0 Å². The van der Waals surface area contributed by atoms with Crippen LogP contribution in [0.5, 0.6) is 0 Å². The van der Waals surface area contributed by atoms with Gasteiger partial charge in [0.05, 0.1) is 44.9 Å². The maximum absolute atomic E-state index is 13.6. The molecular formula is C51H85N15O17. The predicted octanol–water partition coefficient (Wildman–Crippen LogP) is -7.79. The van der Waals surface area contributed by atoms with Gasteiger partial charge in [0, 0.05) is 26.1 Å². The Bertz CT molecular complexity index is 2380. The van der Waals surface area contributed by atoms with Crippen molar-refractivity contribution in [3.05, 3.63) is 0 Å². The van der Waals surface area contributed by atoms with Crippen LogP contribution < -0.4 is 64.6 Å². The van der Waals surface area contributed by atoms with Crippen molar-refractivity contribution in [1.29, 1.82) is 0 Å². The summed E-state index contributed by atoms with van der Waals surface area (Å²) in [7, 11) is 0. The van der Waals surface area contributed by atoms with Crippen molar-refractivity contribution in [3.8, 4) is 0 Å². The minimum absolute atomic E-state index is 0.115. The second-order valence-electron chi connectivity index (χ2n) is 21.5. The van der Waals surface area contributed by atoms with Crippen LogP contribution in [0.15, 0.2) is 0 Å². The Morgan fingerprint density at radius 3 is 1.57 bits per heavy atom. The van der Waals surface area contributed by atoms with Crippen LogP contribution >= 0.6 is 0 Å². The number of nitrogens with one attached hydrogen (secondary N) is 10. The summed E-state index contributed by atoms with van der Waals surface area (Å²) in [5.41, 5.74) is 10.8. The standard InChI is InChI=1S/C51H85N15O17/c1-25(2)40(47(78)56-21-37(71)59-28(6)49(80)66-24-30(68)18-34(66)45(76)54-22-38(72)60-31(51(82)83)12-8-9-15-52)62-43(74)27(5)58-36(70)20-55-48(79)41(26(3)4)63-46(77)33-14-10-16-64(33)39(73)23-57-44(75)32-13-11-17-65(32)50(81)42(29(7)67)61-35(69)19-53/h25-34,40-42,67-68H,8-24,52-53H2,1-7H3,(H,54,76)(H,55,79)(H,56,78)(H,57,75)(H,58,70)(H,59,71)(H,60,72)(H,61,69)(H,62,74)(H,63,77)(H,82,83)/t27-,28-,29+,30+,31-,32-,33-,34-,40-,41-,42-/m0/s1. The van der Waals surface area contributed by atoms with Crippen molar-refractivity contribution < 1.29 is 82.4 Å². The van der Waals surface area contributed by atoms with Crippen LogP contribution in [0, 0.1) is 11.8 Å². The second-order valence-corrected chi connectivity index (χ2v) is 21.5. The Balaban J connectivity index is 1.47. The molecule has 0 saturated carbocycles. The number of carbonyl (C=O) groups excluding carboxylic acids is 13. The van der Waals surface area contributed by atoms with E-state index in [-0.39, 0.29) is 45.3 Å². The fourth-order valence-electron chi connectivity index (χ4n) is 9.52. The number of aliphatic hydroxyl groups is 2. The Morgan fingerprint density at radius 2 is 1.02 bits per heavy atom. The highest BCUT2D eigenvalue weighted by molar-refractivity contribution is 5.99. The molecule has 11 atom stereocenters. The van der Waals surface area contributed by atoms with E-state index in [1.807, 2.05) is 0 Å². The van der Waals surface area contributed by atoms with E-state index >= 15 is 0 Å². The molecule has 32 nitrogen and oxygen atoms in total. The average Bonchev–Trinajstić information content (AvgIpc) is 4.46. The van der Waals surface area contributed by atoms with E-state index in [2.05, 4.69) is 53.2 Å². The number of aliphatic carboxylic acids is 1. The third-order valence-electron chi connectivity index (χ3n) is 14.1. The fraction of sp³-hybridized carbons (Fsp3) is 0.725. The predicted molar refractivity (Wildman–Crippen MR) is 292 cm³/mol. The summed E-state index contributed by atoms with van der Waals surface area (Å²) in [4.78, 5) is 185. The number of carbonyl (C=O) groups is 14. The summed E-state index contributed by atoms with van der Waals surface area (Å²) in [5, 5.41) is 54.2. The molecule has 83 heavy (non-hydrogen) atoms. The number of nitrogens with zero attached hydrogens (tertiary/aromatic N) is 3. The molecule has 0 bridgehead atoms. The Labute approximate surface area is 480 Å². The Morgan fingerprint density at radius 1 is 0.518 bits per heavy atom. The number of unbranched alkanes of at least 4 members (excludes halogenated alkanes) is 1. The number of carboxylic acid groups (broad SMARTS) is 1. The number of likely N-dealkylation sites (tertiary alicyclic amines) is 3. The van der Waals surface area contributed by atoms with Crippen LogP contribution in [0.3, 0.4) is 0 Å². The lowest BCUT2D eigenvalue weighted by Crippen LogP contribution is -2.58. The summed E-state index contributed by atoms with van der Waals surface area (Å²) in [6.45, 7) is 7.89. The van der Waals surface area contributed by atoms with Crippen molar-refractivity contribution in [2.45, 2.75) is 166 Å². The molecule has 3 heterocycles. The second kappa shape index (κ2) is 33.5. The normalized spacial score (nSPS) is 20.1. The van der Waals surface area contributed by atoms with Crippen LogP contribution in [0.25, 0.3) is 0 Å². The molecule has 0 radical (unpaired) electrons. The van der Waals surface area contributed by atoms with Crippen molar-refractivity contribution in [2.24, 2.45) is 23.3 Å². The number of β-amino-alcohol motifs (C(OH)–C–C–N with tert-alkyl or cyclic N) is 1. The first-order chi connectivity index (χ1) is 39.0. The largest absolute Gasteiger partial charge is 0.480 e. The van der Waals surface area contributed by atoms with Gasteiger partial charge in [-0.1, -0.05) is 27.7 Å².